The van der Waals surface area contributed by atoms with Crippen molar-refractivity contribution in [3.63, 3.8) is 0 Å². The van der Waals surface area contributed by atoms with E-state index >= 15 is 0 Å². The molecule has 0 aromatic heterocycles. The Balaban J connectivity index is 2.35. The van der Waals surface area contributed by atoms with Crippen molar-refractivity contribution in [2.45, 2.75) is 20.3 Å². The molecule has 0 saturated carbocycles. The monoisotopic (exact) mass is 326 g/mol. The standard InChI is InChI=1S/C18H18N2O4/c1-7(2)5-8-6-10(20)13-15(16(8)22)18(24)12-9(19)3-4-11(21)14(12)17(13)23/h3-4,6-7,21-22H,5,19-20H2,1-2H3. The minimum atomic E-state index is -0.617. The van der Waals surface area contributed by atoms with Crippen LogP contribution < -0.4 is 11.5 Å². The van der Waals surface area contributed by atoms with Gasteiger partial charge in [-0.05, 0) is 36.1 Å². The van der Waals surface area contributed by atoms with Crippen molar-refractivity contribution in [3.8, 4) is 11.5 Å². The number of hydrogen-bond acceptors (Lipinski definition) is 6. The maximum atomic E-state index is 12.9. The second kappa shape index (κ2) is 5.26. The highest BCUT2D eigenvalue weighted by Crippen LogP contribution is 2.42. The van der Waals surface area contributed by atoms with Crippen LogP contribution in [0.5, 0.6) is 11.5 Å². The number of hydrogen-bond donors (Lipinski definition) is 4. The molecule has 2 aromatic carbocycles. The fourth-order valence-electron chi connectivity index (χ4n) is 3.14. The van der Waals surface area contributed by atoms with E-state index in [0.29, 0.717) is 12.0 Å². The van der Waals surface area contributed by atoms with Crippen molar-refractivity contribution in [2.24, 2.45) is 5.92 Å². The number of benzene rings is 2. The van der Waals surface area contributed by atoms with Crippen LogP contribution in [0.3, 0.4) is 0 Å². The SMILES string of the molecule is CC(C)Cc1cc(N)c2c(c1O)C(=O)c1c(N)ccc(O)c1C2=O. The maximum Gasteiger partial charge on any atom is 0.200 e. The zero-order valence-corrected chi connectivity index (χ0v) is 13.4. The molecule has 24 heavy (non-hydrogen) atoms. The fraction of sp³-hybridized carbons (Fsp3) is 0.222. The number of nitrogen functional groups attached to an aromatic ring is 2. The van der Waals surface area contributed by atoms with Crippen molar-refractivity contribution in [3.05, 3.63) is 46.0 Å². The Bertz CT molecular complexity index is 901. The Morgan fingerprint density at radius 3 is 2.12 bits per heavy atom. The lowest BCUT2D eigenvalue weighted by molar-refractivity contribution is 0.0975. The van der Waals surface area contributed by atoms with E-state index in [0.717, 1.165) is 0 Å². The predicted octanol–water partition coefficient (Wildman–Crippen LogP) is 2.24. The molecule has 124 valence electrons. The summed E-state index contributed by atoms with van der Waals surface area (Å²) in [5.41, 5.74) is 12.0. The van der Waals surface area contributed by atoms with Gasteiger partial charge < -0.3 is 21.7 Å². The van der Waals surface area contributed by atoms with Crippen LogP contribution in [0, 0.1) is 5.92 Å². The van der Waals surface area contributed by atoms with Crippen LogP contribution in [0.1, 0.15) is 51.3 Å². The van der Waals surface area contributed by atoms with Gasteiger partial charge >= 0.3 is 0 Å². The van der Waals surface area contributed by atoms with Crippen LogP contribution >= 0.6 is 0 Å². The summed E-state index contributed by atoms with van der Waals surface area (Å²) in [6.45, 7) is 3.93. The predicted molar refractivity (Wildman–Crippen MR) is 90.4 cm³/mol. The van der Waals surface area contributed by atoms with Gasteiger partial charge in [0.05, 0.1) is 22.3 Å². The molecule has 0 unspecified atom stereocenters. The number of ketones is 2. The van der Waals surface area contributed by atoms with Gasteiger partial charge in [0.15, 0.2) is 0 Å². The van der Waals surface area contributed by atoms with Crippen LogP contribution in [0.2, 0.25) is 0 Å². The molecule has 0 radical (unpaired) electrons. The highest BCUT2D eigenvalue weighted by molar-refractivity contribution is 6.33. The number of rotatable bonds is 2. The normalized spacial score (nSPS) is 13.1. The lowest BCUT2D eigenvalue weighted by atomic mass is 9.80. The van der Waals surface area contributed by atoms with Crippen LogP contribution in [0.25, 0.3) is 0 Å². The summed E-state index contributed by atoms with van der Waals surface area (Å²) in [6.07, 6.45) is 0.507. The second-order valence-corrected chi connectivity index (χ2v) is 6.40. The summed E-state index contributed by atoms with van der Waals surface area (Å²) in [6, 6.07) is 4.11. The van der Waals surface area contributed by atoms with E-state index in [1.807, 2.05) is 13.8 Å². The Morgan fingerprint density at radius 2 is 1.50 bits per heavy atom. The first-order chi connectivity index (χ1) is 11.2. The summed E-state index contributed by atoms with van der Waals surface area (Å²) >= 11 is 0. The van der Waals surface area contributed by atoms with E-state index in [1.54, 1.807) is 0 Å². The van der Waals surface area contributed by atoms with Crippen LogP contribution in [-0.2, 0) is 6.42 Å². The van der Waals surface area contributed by atoms with Crippen molar-refractivity contribution in [1.29, 1.82) is 0 Å². The first kappa shape index (κ1) is 15.9. The Kier molecular flexibility index (Phi) is 3.48. The van der Waals surface area contributed by atoms with Crippen molar-refractivity contribution < 1.29 is 19.8 Å². The number of phenols is 2. The molecule has 0 heterocycles. The van der Waals surface area contributed by atoms with Gasteiger partial charge in [0.1, 0.15) is 11.5 Å². The van der Waals surface area contributed by atoms with Gasteiger partial charge in [-0.2, -0.15) is 0 Å². The Labute approximate surface area is 138 Å². The van der Waals surface area contributed by atoms with Crippen LogP contribution in [0.15, 0.2) is 18.2 Å². The highest BCUT2D eigenvalue weighted by atomic mass is 16.3. The maximum absolute atomic E-state index is 12.9. The van der Waals surface area contributed by atoms with E-state index in [2.05, 4.69) is 0 Å². The van der Waals surface area contributed by atoms with Gasteiger partial charge in [0, 0.05) is 11.4 Å². The molecule has 0 amide bonds. The molecule has 0 saturated heterocycles. The second-order valence-electron chi connectivity index (χ2n) is 6.40. The lowest BCUT2D eigenvalue weighted by Gasteiger charge is -2.23. The average molecular weight is 326 g/mol. The molecule has 1 aliphatic rings. The third-order valence-corrected chi connectivity index (χ3v) is 4.16. The molecule has 0 atom stereocenters. The molecule has 0 bridgehead atoms. The van der Waals surface area contributed by atoms with Gasteiger partial charge in [-0.25, -0.2) is 0 Å². The molecule has 0 aliphatic heterocycles. The van der Waals surface area contributed by atoms with Gasteiger partial charge in [0.2, 0.25) is 11.6 Å². The van der Waals surface area contributed by atoms with Crippen molar-refractivity contribution in [1.82, 2.24) is 0 Å². The lowest BCUT2D eigenvalue weighted by Crippen LogP contribution is -2.24. The quantitative estimate of drug-likeness (QED) is 0.422. The van der Waals surface area contributed by atoms with Crippen LogP contribution in [0.4, 0.5) is 11.4 Å². The summed E-state index contributed by atoms with van der Waals surface area (Å²) in [4.78, 5) is 25.7. The van der Waals surface area contributed by atoms with Crippen LogP contribution in [-0.4, -0.2) is 21.8 Å². The number of aromatic hydroxyl groups is 2. The molecule has 2 aromatic rings. The molecule has 0 spiro atoms. The third-order valence-electron chi connectivity index (χ3n) is 4.16. The number of nitrogens with two attached hydrogens (primary N) is 2. The fourth-order valence-corrected chi connectivity index (χ4v) is 3.14. The molecule has 3 rings (SSSR count). The summed E-state index contributed by atoms with van der Waals surface area (Å²) in [5, 5.41) is 20.5. The molecule has 0 fully saturated rings. The molecule has 6 nitrogen and oxygen atoms in total. The summed E-state index contributed by atoms with van der Waals surface area (Å²) in [7, 11) is 0. The van der Waals surface area contributed by atoms with Crippen molar-refractivity contribution in [2.75, 3.05) is 11.5 Å². The summed E-state index contributed by atoms with van der Waals surface area (Å²) in [5.74, 6) is -1.59. The molecule has 6 heteroatoms. The molecule has 6 N–H and O–H groups in total. The number of fused-ring (bicyclic) bond motifs is 2. The average Bonchev–Trinajstić information content (AvgIpc) is 2.49. The first-order valence-corrected chi connectivity index (χ1v) is 7.59. The smallest absolute Gasteiger partial charge is 0.200 e. The molecular weight excluding hydrogens is 308 g/mol. The van der Waals surface area contributed by atoms with E-state index < -0.39 is 11.6 Å². The minimum absolute atomic E-state index is 0.0686. The zero-order valence-electron chi connectivity index (χ0n) is 13.4. The highest BCUT2D eigenvalue weighted by Gasteiger charge is 2.38. The van der Waals surface area contributed by atoms with Gasteiger partial charge in [-0.1, -0.05) is 13.8 Å². The number of phenolic OH excluding ortho intramolecular Hbond substituents is 2. The van der Waals surface area contributed by atoms with E-state index in [-0.39, 0.29) is 51.0 Å². The molecular formula is C18H18N2O4. The minimum Gasteiger partial charge on any atom is -0.507 e. The Hall–Kier alpha value is -3.02. The zero-order chi connectivity index (χ0) is 17.8. The van der Waals surface area contributed by atoms with Gasteiger partial charge in [-0.3, -0.25) is 9.59 Å². The van der Waals surface area contributed by atoms with Gasteiger partial charge in [-0.15, -0.1) is 0 Å². The van der Waals surface area contributed by atoms with Crippen molar-refractivity contribution >= 4 is 22.9 Å². The Morgan fingerprint density at radius 1 is 0.917 bits per heavy atom. The summed E-state index contributed by atoms with van der Waals surface area (Å²) < 4.78 is 0. The van der Waals surface area contributed by atoms with Gasteiger partial charge in [0.25, 0.3) is 0 Å². The van der Waals surface area contributed by atoms with E-state index in [1.165, 1.54) is 18.2 Å². The largest absolute Gasteiger partial charge is 0.507 e. The first-order valence-electron chi connectivity index (χ1n) is 7.59. The van der Waals surface area contributed by atoms with E-state index in [9.17, 15) is 19.8 Å². The topological polar surface area (TPSA) is 127 Å². The number of carbonyl (C=O) groups excluding carboxylic acids is 2. The number of anilines is 2. The third kappa shape index (κ3) is 2.11. The number of carbonyl (C=O) groups is 2. The molecule has 1 aliphatic carbocycles. The van der Waals surface area contributed by atoms with E-state index in [4.69, 9.17) is 11.5 Å².